The molecule has 2 aromatic heterocycles. The van der Waals surface area contributed by atoms with Gasteiger partial charge in [0, 0.05) is 24.1 Å². The van der Waals surface area contributed by atoms with Crippen molar-refractivity contribution in [3.05, 3.63) is 53.5 Å². The van der Waals surface area contributed by atoms with E-state index >= 15 is 0 Å². The zero-order valence-corrected chi connectivity index (χ0v) is 14.8. The monoisotopic (exact) mass is 350 g/mol. The van der Waals surface area contributed by atoms with E-state index in [0.717, 1.165) is 30.9 Å². The zero-order chi connectivity index (χ0) is 17.5. The van der Waals surface area contributed by atoms with Crippen molar-refractivity contribution in [2.45, 2.75) is 50.6 Å². The van der Waals surface area contributed by atoms with Crippen LogP contribution in [0.15, 0.2) is 45.4 Å². The minimum absolute atomic E-state index is 0.300. The molecule has 2 aliphatic rings. The summed E-state index contributed by atoms with van der Waals surface area (Å²) in [7, 11) is 0. The average Bonchev–Trinajstić information content (AvgIpc) is 3.44. The van der Waals surface area contributed by atoms with Crippen LogP contribution in [0.25, 0.3) is 11.7 Å². The topological polar surface area (TPSA) is 68.2 Å². The predicted molar refractivity (Wildman–Crippen MR) is 95.4 cm³/mol. The Labute approximate surface area is 152 Å². The summed E-state index contributed by atoms with van der Waals surface area (Å²) in [6.07, 6.45) is 4.28. The number of aromatic nitrogens is 3. The molecule has 2 fully saturated rings. The molecule has 0 amide bonds. The highest BCUT2D eigenvalue weighted by Crippen LogP contribution is 2.48. The van der Waals surface area contributed by atoms with Crippen LogP contribution in [0, 0.1) is 0 Å². The number of aryl methyl sites for hydroxylation is 1. The third-order valence-corrected chi connectivity index (χ3v) is 5.77. The zero-order valence-electron chi connectivity index (χ0n) is 14.8. The number of fused-ring (bicyclic) bond motifs is 1. The first-order chi connectivity index (χ1) is 12.8. The van der Waals surface area contributed by atoms with Crippen LogP contribution in [0.5, 0.6) is 0 Å². The standard InChI is InChI=1S/C20H22N4O2/c1-2-14-11-18(25-22-14)20-21-19(23-26-20)15-12-17(13-7-4-3-5-8-13)24-10-6-9-16(15)24/h3-5,7-8,11,15-17H,2,6,9-10,12H2,1H3/t15-,16+,17-/m1/s1. The van der Waals surface area contributed by atoms with Gasteiger partial charge in [-0.05, 0) is 37.8 Å². The lowest BCUT2D eigenvalue weighted by Crippen LogP contribution is -2.27. The highest BCUT2D eigenvalue weighted by Gasteiger charge is 2.46. The maximum atomic E-state index is 5.50. The number of rotatable bonds is 4. The summed E-state index contributed by atoms with van der Waals surface area (Å²) < 4.78 is 10.8. The Morgan fingerprint density at radius 1 is 1.15 bits per heavy atom. The minimum atomic E-state index is 0.300. The first-order valence-electron chi connectivity index (χ1n) is 9.43. The SMILES string of the molecule is CCc1cc(-c2nc([C@@H]3C[C@H](c4ccccc4)N4CCC[C@@H]34)no2)on1. The van der Waals surface area contributed by atoms with Gasteiger partial charge in [0.2, 0.25) is 5.76 Å². The Hall–Kier alpha value is -2.47. The summed E-state index contributed by atoms with van der Waals surface area (Å²) in [4.78, 5) is 7.29. The van der Waals surface area contributed by atoms with Gasteiger partial charge in [0.05, 0.1) is 5.69 Å². The van der Waals surface area contributed by atoms with Crippen molar-refractivity contribution in [3.8, 4) is 11.7 Å². The summed E-state index contributed by atoms with van der Waals surface area (Å²) in [6.45, 7) is 3.19. The number of benzene rings is 1. The fourth-order valence-electron chi connectivity index (χ4n) is 4.51. The first kappa shape index (κ1) is 15.8. The lowest BCUT2D eigenvalue weighted by atomic mass is 9.94. The molecular formula is C20H22N4O2. The molecule has 6 heteroatoms. The lowest BCUT2D eigenvalue weighted by Gasteiger charge is -2.24. The molecule has 3 aromatic rings. The Morgan fingerprint density at radius 3 is 2.85 bits per heavy atom. The van der Waals surface area contributed by atoms with E-state index in [1.54, 1.807) is 0 Å². The summed E-state index contributed by atoms with van der Waals surface area (Å²) in [5.74, 6) is 2.08. The molecule has 1 aromatic carbocycles. The third-order valence-electron chi connectivity index (χ3n) is 5.77. The molecule has 0 N–H and O–H groups in total. The molecule has 0 bridgehead atoms. The predicted octanol–water partition coefficient (Wildman–Crippen LogP) is 3.98. The van der Waals surface area contributed by atoms with E-state index < -0.39 is 0 Å². The van der Waals surface area contributed by atoms with Crippen LogP contribution in [0.3, 0.4) is 0 Å². The highest BCUT2D eigenvalue weighted by atomic mass is 16.5. The van der Waals surface area contributed by atoms with Gasteiger partial charge in [0.15, 0.2) is 5.82 Å². The number of hydrogen-bond acceptors (Lipinski definition) is 6. The third kappa shape index (κ3) is 2.56. The second-order valence-electron chi connectivity index (χ2n) is 7.21. The quantitative estimate of drug-likeness (QED) is 0.709. The van der Waals surface area contributed by atoms with E-state index in [1.165, 1.54) is 18.4 Å². The van der Waals surface area contributed by atoms with Gasteiger partial charge in [0.25, 0.3) is 5.89 Å². The van der Waals surface area contributed by atoms with Crippen LogP contribution in [0.1, 0.15) is 55.2 Å². The lowest BCUT2D eigenvalue weighted by molar-refractivity contribution is 0.243. The molecule has 6 nitrogen and oxygen atoms in total. The van der Waals surface area contributed by atoms with Gasteiger partial charge in [0.1, 0.15) is 0 Å². The van der Waals surface area contributed by atoms with Crippen molar-refractivity contribution in [3.63, 3.8) is 0 Å². The number of nitrogens with zero attached hydrogens (tertiary/aromatic N) is 4. The molecule has 5 rings (SSSR count). The number of hydrogen-bond donors (Lipinski definition) is 0. The molecular weight excluding hydrogens is 328 g/mol. The van der Waals surface area contributed by atoms with E-state index in [4.69, 9.17) is 9.05 Å². The van der Waals surface area contributed by atoms with Gasteiger partial charge in [-0.1, -0.05) is 47.6 Å². The van der Waals surface area contributed by atoms with Crippen LogP contribution in [-0.2, 0) is 6.42 Å². The van der Waals surface area contributed by atoms with Crippen LogP contribution < -0.4 is 0 Å². The van der Waals surface area contributed by atoms with Gasteiger partial charge < -0.3 is 9.05 Å². The van der Waals surface area contributed by atoms with E-state index in [1.807, 2.05) is 13.0 Å². The van der Waals surface area contributed by atoms with Gasteiger partial charge in [-0.3, -0.25) is 4.90 Å². The van der Waals surface area contributed by atoms with Gasteiger partial charge >= 0.3 is 0 Å². The van der Waals surface area contributed by atoms with Crippen molar-refractivity contribution in [2.75, 3.05) is 6.54 Å². The van der Waals surface area contributed by atoms with Gasteiger partial charge in [-0.15, -0.1) is 0 Å². The Bertz CT molecular complexity index is 888. The molecule has 134 valence electrons. The van der Waals surface area contributed by atoms with Crippen molar-refractivity contribution in [1.82, 2.24) is 20.2 Å². The van der Waals surface area contributed by atoms with Crippen LogP contribution >= 0.6 is 0 Å². The Balaban J connectivity index is 1.43. The molecule has 3 atom stereocenters. The second-order valence-corrected chi connectivity index (χ2v) is 7.21. The van der Waals surface area contributed by atoms with Crippen molar-refractivity contribution in [2.24, 2.45) is 0 Å². The van der Waals surface area contributed by atoms with Crippen LogP contribution in [-0.4, -0.2) is 32.8 Å². The molecule has 26 heavy (non-hydrogen) atoms. The van der Waals surface area contributed by atoms with Crippen LogP contribution in [0.2, 0.25) is 0 Å². The molecule has 0 aliphatic carbocycles. The molecule has 4 heterocycles. The normalized spacial score (nSPS) is 25.7. The fraction of sp³-hybridized carbons (Fsp3) is 0.450. The maximum Gasteiger partial charge on any atom is 0.296 e. The Kier molecular flexibility index (Phi) is 3.85. The fourth-order valence-corrected chi connectivity index (χ4v) is 4.51. The van der Waals surface area contributed by atoms with Gasteiger partial charge in [-0.25, -0.2) is 0 Å². The van der Waals surface area contributed by atoms with E-state index in [0.29, 0.717) is 29.7 Å². The summed E-state index contributed by atoms with van der Waals surface area (Å²) >= 11 is 0. The molecule has 0 unspecified atom stereocenters. The Morgan fingerprint density at radius 2 is 2.04 bits per heavy atom. The van der Waals surface area contributed by atoms with Crippen molar-refractivity contribution >= 4 is 0 Å². The second kappa shape index (κ2) is 6.36. The van der Waals surface area contributed by atoms with Crippen LogP contribution in [0.4, 0.5) is 0 Å². The minimum Gasteiger partial charge on any atom is -0.351 e. The smallest absolute Gasteiger partial charge is 0.296 e. The first-order valence-corrected chi connectivity index (χ1v) is 9.43. The van der Waals surface area contributed by atoms with Gasteiger partial charge in [-0.2, -0.15) is 4.98 Å². The molecule has 2 aliphatic heterocycles. The largest absolute Gasteiger partial charge is 0.351 e. The molecule has 2 saturated heterocycles. The van der Waals surface area contributed by atoms with Crippen molar-refractivity contribution in [1.29, 1.82) is 0 Å². The van der Waals surface area contributed by atoms with Crippen molar-refractivity contribution < 1.29 is 9.05 Å². The molecule has 0 radical (unpaired) electrons. The molecule has 0 spiro atoms. The summed E-state index contributed by atoms with van der Waals surface area (Å²) in [5.41, 5.74) is 2.28. The summed E-state index contributed by atoms with van der Waals surface area (Å²) in [6, 6.07) is 13.6. The maximum absolute atomic E-state index is 5.50. The average molecular weight is 350 g/mol. The molecule has 0 saturated carbocycles. The summed E-state index contributed by atoms with van der Waals surface area (Å²) in [5, 5.41) is 8.31. The van der Waals surface area contributed by atoms with E-state index in [-0.39, 0.29) is 0 Å². The van der Waals surface area contributed by atoms with E-state index in [9.17, 15) is 0 Å². The van der Waals surface area contributed by atoms with E-state index in [2.05, 4.69) is 50.5 Å². The highest BCUT2D eigenvalue weighted by molar-refractivity contribution is 5.44.